The highest BCUT2D eigenvalue weighted by molar-refractivity contribution is 5.95. The average Bonchev–Trinajstić information content (AvgIpc) is 2.79. The molecule has 1 saturated heterocycles. The summed E-state index contributed by atoms with van der Waals surface area (Å²) < 4.78 is 19.5. The van der Waals surface area contributed by atoms with E-state index in [0.717, 1.165) is 24.5 Å². The van der Waals surface area contributed by atoms with Gasteiger partial charge in [-0.15, -0.1) is 0 Å². The van der Waals surface area contributed by atoms with Crippen LogP contribution in [0.3, 0.4) is 0 Å². The van der Waals surface area contributed by atoms with Crippen LogP contribution in [0.15, 0.2) is 42.5 Å². The number of ether oxygens (including phenoxy) is 1. The molecule has 0 radical (unpaired) electrons. The molecule has 2 N–H and O–H groups in total. The molecule has 25 heavy (non-hydrogen) atoms. The second-order valence-electron chi connectivity index (χ2n) is 6.29. The third-order valence-corrected chi connectivity index (χ3v) is 4.70. The molecule has 1 unspecified atom stereocenters. The van der Waals surface area contributed by atoms with Crippen molar-refractivity contribution in [3.63, 3.8) is 0 Å². The summed E-state index contributed by atoms with van der Waals surface area (Å²) in [6.07, 6.45) is 0. The quantitative estimate of drug-likeness (QED) is 0.896. The van der Waals surface area contributed by atoms with E-state index in [4.69, 9.17) is 4.74 Å². The molecule has 0 saturated carbocycles. The number of hydrogen-bond acceptors (Lipinski definition) is 5. The second-order valence-corrected chi connectivity index (χ2v) is 6.29. The molecule has 2 heterocycles. The molecule has 0 amide bonds. The van der Waals surface area contributed by atoms with Crippen molar-refractivity contribution in [2.75, 3.05) is 36.4 Å². The van der Waals surface area contributed by atoms with Gasteiger partial charge in [0.2, 0.25) is 0 Å². The van der Waals surface area contributed by atoms with Crippen molar-refractivity contribution in [2.24, 2.45) is 0 Å². The van der Waals surface area contributed by atoms with Crippen molar-refractivity contribution in [2.45, 2.75) is 12.6 Å². The van der Waals surface area contributed by atoms with Crippen LogP contribution in [-0.2, 0) is 11.4 Å². The number of carbonyl (C=O) groups excluding carboxylic acids is 1. The molecule has 5 nitrogen and oxygen atoms in total. The lowest BCUT2D eigenvalue weighted by atomic mass is 10.1. The molecule has 130 valence electrons. The lowest BCUT2D eigenvalue weighted by Gasteiger charge is -2.36. The first kappa shape index (κ1) is 15.9. The van der Waals surface area contributed by atoms with Crippen LogP contribution in [-0.4, -0.2) is 38.0 Å². The van der Waals surface area contributed by atoms with E-state index in [2.05, 4.69) is 15.5 Å². The van der Waals surface area contributed by atoms with E-state index < -0.39 is 0 Å². The first-order valence-electron chi connectivity index (χ1n) is 8.46. The molecule has 2 aliphatic rings. The minimum absolute atomic E-state index is 0.163. The molecule has 2 aromatic carbocycles. The van der Waals surface area contributed by atoms with Crippen molar-refractivity contribution in [1.29, 1.82) is 0 Å². The maximum atomic E-state index is 13.7. The lowest BCUT2D eigenvalue weighted by Crippen LogP contribution is -2.55. The van der Waals surface area contributed by atoms with E-state index in [1.54, 1.807) is 18.2 Å². The minimum Gasteiger partial charge on any atom is -0.489 e. The number of nitrogens with zero attached hydrogens (tertiary/aromatic N) is 1. The van der Waals surface area contributed by atoms with Gasteiger partial charge in [0.15, 0.2) is 5.78 Å². The molecule has 0 bridgehead atoms. The highest BCUT2D eigenvalue weighted by Crippen LogP contribution is 2.34. The van der Waals surface area contributed by atoms with Crippen molar-refractivity contribution in [3.8, 4) is 5.75 Å². The smallest absolute Gasteiger partial charge is 0.175 e. The molecule has 4 rings (SSSR count). The van der Waals surface area contributed by atoms with Gasteiger partial charge in [-0.2, -0.15) is 0 Å². The van der Waals surface area contributed by atoms with Gasteiger partial charge in [0.1, 0.15) is 24.2 Å². The van der Waals surface area contributed by atoms with Crippen LogP contribution >= 0.6 is 0 Å². The maximum absolute atomic E-state index is 13.7. The van der Waals surface area contributed by atoms with Gasteiger partial charge in [0.05, 0.1) is 17.9 Å². The third-order valence-electron chi connectivity index (χ3n) is 4.70. The zero-order valence-corrected chi connectivity index (χ0v) is 13.8. The SMILES string of the molecule is O=C1CNc2ccc(OCc3ccccc3F)cc2N2CCNCC12. The number of benzene rings is 2. The van der Waals surface area contributed by atoms with E-state index in [1.807, 2.05) is 18.2 Å². The Morgan fingerprint density at radius 2 is 2.12 bits per heavy atom. The first-order chi connectivity index (χ1) is 12.2. The van der Waals surface area contributed by atoms with Gasteiger partial charge in [-0.3, -0.25) is 4.79 Å². The Bertz CT molecular complexity index is 796. The standard InChI is InChI=1S/C19H20FN3O2/c20-15-4-2-1-3-13(15)12-25-14-5-6-16-17(9-14)23-8-7-21-10-18(23)19(24)11-22-16/h1-6,9,18,21-22H,7-8,10-12H2. The lowest BCUT2D eigenvalue weighted by molar-refractivity contribution is -0.118. The number of hydrogen-bond donors (Lipinski definition) is 2. The first-order valence-corrected chi connectivity index (χ1v) is 8.46. The summed E-state index contributed by atoms with van der Waals surface area (Å²) in [5.41, 5.74) is 2.41. The summed E-state index contributed by atoms with van der Waals surface area (Å²) in [5.74, 6) is 0.569. The summed E-state index contributed by atoms with van der Waals surface area (Å²) in [5, 5.41) is 6.48. The van der Waals surface area contributed by atoms with E-state index in [0.29, 0.717) is 24.4 Å². The summed E-state index contributed by atoms with van der Waals surface area (Å²) in [7, 11) is 0. The Kier molecular flexibility index (Phi) is 4.28. The highest BCUT2D eigenvalue weighted by atomic mass is 19.1. The number of halogens is 1. The van der Waals surface area contributed by atoms with Crippen LogP contribution in [0.5, 0.6) is 5.75 Å². The van der Waals surface area contributed by atoms with Crippen molar-refractivity contribution >= 4 is 17.2 Å². The number of rotatable bonds is 3. The van der Waals surface area contributed by atoms with E-state index >= 15 is 0 Å². The molecule has 1 fully saturated rings. The van der Waals surface area contributed by atoms with Gasteiger partial charge >= 0.3 is 0 Å². The Morgan fingerprint density at radius 1 is 1.24 bits per heavy atom. The van der Waals surface area contributed by atoms with Gasteiger partial charge in [0, 0.05) is 31.3 Å². The molecule has 2 aliphatic heterocycles. The largest absolute Gasteiger partial charge is 0.489 e. The number of fused-ring (bicyclic) bond motifs is 3. The Balaban J connectivity index is 1.58. The predicted octanol–water partition coefficient (Wildman–Crippen LogP) is 2.18. The predicted molar refractivity (Wildman–Crippen MR) is 94.7 cm³/mol. The van der Waals surface area contributed by atoms with Gasteiger partial charge in [-0.05, 0) is 18.2 Å². The minimum atomic E-state index is -0.272. The van der Waals surface area contributed by atoms with Gasteiger partial charge in [-0.1, -0.05) is 18.2 Å². The molecule has 1 atom stereocenters. The zero-order chi connectivity index (χ0) is 17.2. The summed E-state index contributed by atoms with van der Waals surface area (Å²) in [6, 6.07) is 12.1. The average molecular weight is 341 g/mol. The van der Waals surface area contributed by atoms with Crippen LogP contribution in [0.1, 0.15) is 5.56 Å². The van der Waals surface area contributed by atoms with E-state index in [-0.39, 0.29) is 24.2 Å². The normalized spacial score (nSPS) is 19.5. The summed E-state index contributed by atoms with van der Waals surface area (Å²) in [4.78, 5) is 14.5. The van der Waals surface area contributed by atoms with E-state index in [9.17, 15) is 9.18 Å². The fraction of sp³-hybridized carbons (Fsp3) is 0.316. The second kappa shape index (κ2) is 6.72. The molecule has 6 heteroatoms. The van der Waals surface area contributed by atoms with Crippen LogP contribution in [0.2, 0.25) is 0 Å². The fourth-order valence-electron chi connectivity index (χ4n) is 3.35. The number of nitrogens with one attached hydrogen (secondary N) is 2. The number of ketones is 1. The van der Waals surface area contributed by atoms with Crippen molar-refractivity contribution in [3.05, 3.63) is 53.8 Å². The Morgan fingerprint density at radius 3 is 3.00 bits per heavy atom. The van der Waals surface area contributed by atoms with E-state index in [1.165, 1.54) is 6.07 Å². The van der Waals surface area contributed by atoms with Gasteiger partial charge in [0.25, 0.3) is 0 Å². The van der Waals surface area contributed by atoms with Crippen LogP contribution < -0.4 is 20.3 Å². The Hall–Kier alpha value is -2.60. The van der Waals surface area contributed by atoms with Gasteiger partial charge in [-0.25, -0.2) is 4.39 Å². The van der Waals surface area contributed by atoms with Crippen molar-refractivity contribution < 1.29 is 13.9 Å². The van der Waals surface area contributed by atoms with Gasteiger partial charge < -0.3 is 20.3 Å². The highest BCUT2D eigenvalue weighted by Gasteiger charge is 2.32. The number of Topliss-reactive ketones (excluding diaryl/α,β-unsaturated/α-hetero) is 1. The fourth-order valence-corrected chi connectivity index (χ4v) is 3.35. The molecule has 2 aromatic rings. The van der Waals surface area contributed by atoms with Crippen LogP contribution in [0, 0.1) is 5.82 Å². The maximum Gasteiger partial charge on any atom is 0.175 e. The molecular weight excluding hydrogens is 321 g/mol. The number of piperazine rings is 1. The third kappa shape index (κ3) is 3.17. The topological polar surface area (TPSA) is 53.6 Å². The molecule has 0 aliphatic carbocycles. The van der Waals surface area contributed by atoms with Crippen molar-refractivity contribution in [1.82, 2.24) is 5.32 Å². The monoisotopic (exact) mass is 341 g/mol. The zero-order valence-electron chi connectivity index (χ0n) is 13.8. The number of carbonyl (C=O) groups is 1. The van der Waals surface area contributed by atoms with Crippen LogP contribution in [0.25, 0.3) is 0 Å². The number of anilines is 2. The molecule has 0 aromatic heterocycles. The summed E-state index contributed by atoms with van der Waals surface area (Å²) >= 11 is 0. The van der Waals surface area contributed by atoms with Crippen LogP contribution in [0.4, 0.5) is 15.8 Å². The summed E-state index contributed by atoms with van der Waals surface area (Å²) in [6.45, 7) is 2.75. The molecule has 0 spiro atoms. The Labute approximate surface area is 145 Å². The molecular formula is C19H20FN3O2.